The Morgan fingerprint density at radius 3 is 2.53 bits per heavy atom. The van der Waals surface area contributed by atoms with Crippen molar-refractivity contribution in [3.05, 3.63) is 64.4 Å². The highest BCUT2D eigenvalue weighted by molar-refractivity contribution is 7.99. The molecule has 0 aliphatic carbocycles. The zero-order chi connectivity index (χ0) is 31.2. The van der Waals surface area contributed by atoms with Gasteiger partial charge in [0.15, 0.2) is 11.6 Å². The summed E-state index contributed by atoms with van der Waals surface area (Å²) in [5.41, 5.74) is -3.57. The third-order valence-corrected chi connectivity index (χ3v) is 8.65. The maximum atomic E-state index is 15.1. The number of hydrogen-bond acceptors (Lipinski definition) is 7. The molecule has 15 heteroatoms. The van der Waals surface area contributed by atoms with E-state index in [2.05, 4.69) is 11.6 Å². The number of hydrogen-bond donors (Lipinski definition) is 0. The maximum Gasteiger partial charge on any atom is 0.417 e. The Hall–Kier alpha value is -3.56. The minimum absolute atomic E-state index is 0.0289. The Kier molecular flexibility index (Phi) is 8.51. The lowest BCUT2D eigenvalue weighted by atomic mass is 9.95. The van der Waals surface area contributed by atoms with Gasteiger partial charge in [0.25, 0.3) is 0 Å². The van der Waals surface area contributed by atoms with Crippen LogP contribution in [0.3, 0.4) is 0 Å². The molecule has 0 radical (unpaired) electrons. The van der Waals surface area contributed by atoms with Crippen LogP contribution in [0.2, 0.25) is 0 Å². The van der Waals surface area contributed by atoms with Crippen molar-refractivity contribution in [3.63, 3.8) is 0 Å². The van der Waals surface area contributed by atoms with Crippen LogP contribution in [0.1, 0.15) is 18.5 Å². The fourth-order valence-electron chi connectivity index (χ4n) is 5.51. The van der Waals surface area contributed by atoms with E-state index in [-0.39, 0.29) is 72.4 Å². The van der Waals surface area contributed by atoms with Crippen molar-refractivity contribution < 1.29 is 40.6 Å². The van der Waals surface area contributed by atoms with Gasteiger partial charge in [-0.1, -0.05) is 6.58 Å². The number of carbonyl (C=O) groups excluding carboxylic acids is 1. The van der Waals surface area contributed by atoms with Gasteiger partial charge in [0, 0.05) is 66.0 Å². The van der Waals surface area contributed by atoms with E-state index in [1.54, 1.807) is 11.8 Å². The summed E-state index contributed by atoms with van der Waals surface area (Å²) in [5.74, 6) is -4.81. The van der Waals surface area contributed by atoms with E-state index in [4.69, 9.17) is 9.47 Å². The summed E-state index contributed by atoms with van der Waals surface area (Å²) < 4.78 is 98.9. The molecule has 1 amide bonds. The van der Waals surface area contributed by atoms with E-state index >= 15 is 4.39 Å². The van der Waals surface area contributed by atoms with E-state index in [1.165, 1.54) is 16.6 Å². The number of methoxy groups -OCH3 is 1. The smallest absolute Gasteiger partial charge is 0.359 e. The molecule has 2 atom stereocenters. The van der Waals surface area contributed by atoms with Gasteiger partial charge in [0.1, 0.15) is 18.4 Å². The Labute approximate surface area is 245 Å². The van der Waals surface area contributed by atoms with Crippen molar-refractivity contribution in [2.75, 3.05) is 50.8 Å². The molecule has 0 saturated carbocycles. The van der Waals surface area contributed by atoms with Gasteiger partial charge in [0.05, 0.1) is 23.7 Å². The lowest BCUT2D eigenvalue weighted by Gasteiger charge is -2.41. The van der Waals surface area contributed by atoms with Crippen LogP contribution in [0.5, 0.6) is 0 Å². The minimum atomic E-state index is -5.06. The molecule has 1 saturated heterocycles. The molecular formula is C28H26F6N4O4S. The quantitative estimate of drug-likeness (QED) is 0.120. The summed E-state index contributed by atoms with van der Waals surface area (Å²) in [6, 6.07) is 0.186. The number of carbonyl (C=O) groups is 1. The molecule has 5 rings (SSSR count). The van der Waals surface area contributed by atoms with Crippen LogP contribution in [0.25, 0.3) is 22.0 Å². The molecule has 230 valence electrons. The predicted molar refractivity (Wildman–Crippen MR) is 147 cm³/mol. The van der Waals surface area contributed by atoms with Crippen LogP contribution >= 0.6 is 11.8 Å². The highest BCUT2D eigenvalue weighted by Gasteiger charge is 2.41. The summed E-state index contributed by atoms with van der Waals surface area (Å²) in [7, 11) is 1.40. The van der Waals surface area contributed by atoms with Crippen LogP contribution in [0.4, 0.5) is 32.2 Å². The Morgan fingerprint density at radius 2 is 1.88 bits per heavy atom. The van der Waals surface area contributed by atoms with E-state index in [9.17, 15) is 31.5 Å². The second-order valence-corrected chi connectivity index (χ2v) is 11.2. The van der Waals surface area contributed by atoms with Crippen molar-refractivity contribution in [1.82, 2.24) is 14.5 Å². The largest absolute Gasteiger partial charge is 0.417 e. The number of halogens is 6. The van der Waals surface area contributed by atoms with Gasteiger partial charge in [-0.05, 0) is 25.1 Å². The van der Waals surface area contributed by atoms with Crippen LogP contribution in [0, 0.1) is 17.5 Å². The molecule has 0 N–H and O–H groups in total. The summed E-state index contributed by atoms with van der Waals surface area (Å²) in [5, 5.41) is -0.0482. The van der Waals surface area contributed by atoms with Crippen molar-refractivity contribution in [2.24, 2.45) is 0 Å². The molecule has 2 aliphatic rings. The Bertz CT molecular complexity index is 1660. The molecule has 8 nitrogen and oxygen atoms in total. The fraction of sp³-hybridized carbons (Fsp3) is 0.393. The normalized spacial score (nSPS) is 18.8. The van der Waals surface area contributed by atoms with E-state index < -0.39 is 58.1 Å². The first-order chi connectivity index (χ1) is 20.4. The average Bonchev–Trinajstić information content (AvgIpc) is 2.96. The zero-order valence-electron chi connectivity index (χ0n) is 23.0. The highest BCUT2D eigenvalue weighted by atomic mass is 32.2. The van der Waals surface area contributed by atoms with Gasteiger partial charge in [-0.25, -0.2) is 18.0 Å². The van der Waals surface area contributed by atoms with Gasteiger partial charge in [-0.15, -0.1) is 11.8 Å². The number of alkyl halides is 3. The standard InChI is InChI=1S/C28H26F6N4O4S/c1-4-22(39)36-5-6-37(14(2)10-36)26-17-7-18(28(32,33)34)23(16-8-20(30)21(31)9-19(16)29)25-24(17)38(27(40)35-26)15(12-43-25)11-42-13-41-3/h4,7-9,14-15H,1,5-6,10-13H2,2-3H3/t14-,15+/m0/s1. The van der Waals surface area contributed by atoms with Gasteiger partial charge >= 0.3 is 11.9 Å². The Morgan fingerprint density at radius 1 is 1.16 bits per heavy atom. The molecule has 2 aliphatic heterocycles. The van der Waals surface area contributed by atoms with Crippen LogP contribution in [-0.2, 0) is 20.4 Å². The number of ether oxygens (including phenoxy) is 2. The lowest BCUT2D eigenvalue weighted by molar-refractivity contribution is -0.137. The second-order valence-electron chi connectivity index (χ2n) is 10.1. The SMILES string of the molecule is C=CC(=O)N1CCN(c2nc(=O)n3c4c(c(-c5cc(F)c(F)cc5F)c(C(F)(F)F)cc24)SC[C@H]3COCOC)[C@@H](C)C1. The third-order valence-electron chi connectivity index (χ3n) is 7.41. The van der Waals surface area contributed by atoms with Crippen molar-refractivity contribution in [3.8, 4) is 11.1 Å². The minimum Gasteiger partial charge on any atom is -0.359 e. The molecule has 0 unspecified atom stereocenters. The number of benzene rings is 2. The number of nitrogens with zero attached hydrogens (tertiary/aromatic N) is 4. The van der Waals surface area contributed by atoms with Gasteiger partial charge in [-0.3, -0.25) is 9.36 Å². The summed E-state index contributed by atoms with van der Waals surface area (Å²) in [6.45, 7) is 5.59. The summed E-state index contributed by atoms with van der Waals surface area (Å²) in [4.78, 5) is 33.1. The van der Waals surface area contributed by atoms with Gasteiger partial charge in [-0.2, -0.15) is 18.2 Å². The molecule has 1 fully saturated rings. The van der Waals surface area contributed by atoms with Crippen molar-refractivity contribution in [1.29, 1.82) is 0 Å². The third kappa shape index (κ3) is 5.60. The maximum absolute atomic E-state index is 15.1. The van der Waals surface area contributed by atoms with Crippen LogP contribution < -0.4 is 10.6 Å². The first-order valence-electron chi connectivity index (χ1n) is 13.1. The molecule has 3 aromatic rings. The molecular weight excluding hydrogens is 602 g/mol. The first-order valence-corrected chi connectivity index (χ1v) is 14.1. The molecule has 0 bridgehead atoms. The second kappa shape index (κ2) is 11.8. The van der Waals surface area contributed by atoms with E-state index in [0.717, 1.165) is 23.9 Å². The van der Waals surface area contributed by atoms with Crippen molar-refractivity contribution in [2.45, 2.75) is 30.1 Å². The zero-order valence-corrected chi connectivity index (χ0v) is 23.8. The molecule has 0 spiro atoms. The van der Waals surface area contributed by atoms with Crippen LogP contribution in [0.15, 0.2) is 40.5 Å². The predicted octanol–water partition coefficient (Wildman–Crippen LogP) is 4.99. The average molecular weight is 629 g/mol. The topological polar surface area (TPSA) is 76.9 Å². The monoisotopic (exact) mass is 628 g/mol. The van der Waals surface area contributed by atoms with E-state index in [1.807, 2.05) is 0 Å². The number of thioether (sulfide) groups is 1. The molecule has 2 aromatic carbocycles. The number of anilines is 1. The number of amides is 1. The lowest BCUT2D eigenvalue weighted by Crippen LogP contribution is -2.54. The van der Waals surface area contributed by atoms with Crippen molar-refractivity contribution >= 4 is 34.4 Å². The highest BCUT2D eigenvalue weighted by Crippen LogP contribution is 2.50. The summed E-state index contributed by atoms with van der Waals surface area (Å²) in [6.07, 6.45) is -3.90. The summed E-state index contributed by atoms with van der Waals surface area (Å²) >= 11 is 0.916. The molecule has 1 aromatic heterocycles. The number of rotatable bonds is 7. The first kappa shape index (κ1) is 30.9. The number of piperazine rings is 1. The molecule has 3 heterocycles. The van der Waals surface area contributed by atoms with Gasteiger partial charge in [0.2, 0.25) is 5.91 Å². The molecule has 43 heavy (non-hydrogen) atoms. The van der Waals surface area contributed by atoms with Gasteiger partial charge < -0.3 is 19.3 Å². The number of aromatic nitrogens is 2. The van der Waals surface area contributed by atoms with E-state index in [0.29, 0.717) is 6.07 Å². The van der Waals surface area contributed by atoms with Crippen LogP contribution in [-0.4, -0.2) is 72.3 Å². The Balaban J connectivity index is 1.82. The fourth-order valence-corrected chi connectivity index (χ4v) is 6.82.